The molecule has 0 unspecified atom stereocenters. The van der Waals surface area contributed by atoms with Gasteiger partial charge < -0.3 is 9.47 Å². The molecule has 6 heteroatoms. The van der Waals surface area contributed by atoms with Gasteiger partial charge >= 0.3 is 5.97 Å². The molecule has 0 bridgehead atoms. The molecule has 0 saturated carbocycles. The molecule has 0 N–H and O–H groups in total. The first-order valence-electron chi connectivity index (χ1n) is 5.99. The van der Waals surface area contributed by atoms with Crippen LogP contribution in [0.4, 0.5) is 0 Å². The van der Waals surface area contributed by atoms with E-state index in [1.54, 1.807) is 13.8 Å². The maximum atomic E-state index is 12.3. The molecular formula is C14H14Cl2O4. The van der Waals surface area contributed by atoms with Crippen molar-refractivity contribution >= 4 is 35.0 Å². The molecule has 1 rings (SSSR count). The number of Topliss-reactive ketones (excluding diaryl/α,β-unsaturated/α-hetero) is 1. The van der Waals surface area contributed by atoms with Gasteiger partial charge in [0.05, 0.1) is 18.2 Å². The quantitative estimate of drug-likeness (QED) is 0.201. The van der Waals surface area contributed by atoms with Gasteiger partial charge in [-0.25, -0.2) is 4.79 Å². The van der Waals surface area contributed by atoms with E-state index in [-0.39, 0.29) is 22.8 Å². The van der Waals surface area contributed by atoms with Gasteiger partial charge in [-0.2, -0.15) is 0 Å². The number of carbonyl (C=O) groups is 2. The van der Waals surface area contributed by atoms with Crippen molar-refractivity contribution in [1.29, 1.82) is 0 Å². The summed E-state index contributed by atoms with van der Waals surface area (Å²) in [5.41, 5.74) is -0.0482. The smallest absolute Gasteiger partial charge is 0.345 e. The van der Waals surface area contributed by atoms with Gasteiger partial charge in [-0.1, -0.05) is 23.2 Å². The van der Waals surface area contributed by atoms with Gasteiger partial charge in [-0.05, 0) is 32.0 Å². The Balaban J connectivity index is 3.13. The first-order valence-corrected chi connectivity index (χ1v) is 6.75. The van der Waals surface area contributed by atoms with Crippen LogP contribution in [0.3, 0.4) is 0 Å². The lowest BCUT2D eigenvalue weighted by molar-refractivity contribution is -0.138. The van der Waals surface area contributed by atoms with Crippen LogP contribution in [0.15, 0.2) is 30.0 Å². The molecule has 0 amide bonds. The van der Waals surface area contributed by atoms with Crippen LogP contribution in [0, 0.1) is 0 Å². The van der Waals surface area contributed by atoms with Crippen LogP contribution in [0.1, 0.15) is 24.2 Å². The number of carbonyl (C=O) groups excluding carboxylic acids is 2. The van der Waals surface area contributed by atoms with Gasteiger partial charge in [-0.3, -0.25) is 4.79 Å². The zero-order valence-corrected chi connectivity index (χ0v) is 12.6. The van der Waals surface area contributed by atoms with Crippen LogP contribution in [0.25, 0.3) is 0 Å². The van der Waals surface area contributed by atoms with Crippen molar-refractivity contribution in [3.63, 3.8) is 0 Å². The average Bonchev–Trinajstić information content (AvgIpc) is 2.39. The molecule has 4 nitrogen and oxygen atoms in total. The highest BCUT2D eigenvalue weighted by molar-refractivity contribution is 6.38. The van der Waals surface area contributed by atoms with Crippen LogP contribution >= 0.6 is 23.2 Å². The van der Waals surface area contributed by atoms with E-state index in [1.165, 1.54) is 18.2 Å². The molecule has 108 valence electrons. The van der Waals surface area contributed by atoms with Crippen molar-refractivity contribution < 1.29 is 19.1 Å². The number of hydrogen-bond acceptors (Lipinski definition) is 4. The second-order valence-corrected chi connectivity index (χ2v) is 4.50. The van der Waals surface area contributed by atoms with Crippen molar-refractivity contribution in [3.05, 3.63) is 45.6 Å². The molecule has 1 aromatic carbocycles. The normalized spacial score (nSPS) is 11.1. The topological polar surface area (TPSA) is 52.6 Å². The number of hydrogen-bond donors (Lipinski definition) is 0. The van der Waals surface area contributed by atoms with Gasteiger partial charge in [-0.15, -0.1) is 0 Å². The molecule has 0 atom stereocenters. The summed E-state index contributed by atoms with van der Waals surface area (Å²) < 4.78 is 9.85. The zero-order valence-electron chi connectivity index (χ0n) is 11.1. The number of ketones is 1. The fourth-order valence-corrected chi connectivity index (χ4v) is 1.88. The second-order valence-electron chi connectivity index (χ2n) is 3.66. The van der Waals surface area contributed by atoms with Gasteiger partial charge in [0.1, 0.15) is 11.8 Å². The fourth-order valence-electron chi connectivity index (χ4n) is 1.39. The van der Waals surface area contributed by atoms with E-state index in [0.717, 1.165) is 6.26 Å². The Kier molecular flexibility index (Phi) is 6.55. The standard InChI is InChI=1S/C14H14Cl2O4/c1-3-19-8-11(14(18)20-4-2)13(17)10-6-5-9(15)7-12(10)16/h5-8H,3-4H2,1-2H3/b11-8+. The van der Waals surface area contributed by atoms with Crippen LogP contribution in [-0.2, 0) is 14.3 Å². The molecule has 1 aromatic rings. The van der Waals surface area contributed by atoms with E-state index in [0.29, 0.717) is 11.6 Å². The Hall–Kier alpha value is -1.52. The lowest BCUT2D eigenvalue weighted by atomic mass is 10.0. The Morgan fingerprint density at radius 3 is 2.45 bits per heavy atom. The first-order chi connectivity index (χ1) is 9.51. The third-order valence-electron chi connectivity index (χ3n) is 2.28. The maximum absolute atomic E-state index is 12.3. The monoisotopic (exact) mass is 316 g/mol. The molecule has 0 aliphatic carbocycles. The Morgan fingerprint density at radius 1 is 1.20 bits per heavy atom. The molecule has 20 heavy (non-hydrogen) atoms. The molecule has 0 saturated heterocycles. The molecule has 0 aromatic heterocycles. The van der Waals surface area contributed by atoms with Gasteiger partial charge in [0.15, 0.2) is 0 Å². The summed E-state index contributed by atoms with van der Waals surface area (Å²) in [6, 6.07) is 4.40. The number of halogens is 2. The Morgan fingerprint density at radius 2 is 1.90 bits per heavy atom. The summed E-state index contributed by atoms with van der Waals surface area (Å²) in [5, 5.41) is 0.562. The highest BCUT2D eigenvalue weighted by Gasteiger charge is 2.23. The summed E-state index contributed by atoms with van der Waals surface area (Å²) in [7, 11) is 0. The van der Waals surface area contributed by atoms with E-state index in [9.17, 15) is 9.59 Å². The minimum Gasteiger partial charge on any atom is -0.500 e. The van der Waals surface area contributed by atoms with Crippen molar-refractivity contribution in [3.8, 4) is 0 Å². The van der Waals surface area contributed by atoms with Gasteiger partial charge in [0, 0.05) is 10.6 Å². The summed E-state index contributed by atoms with van der Waals surface area (Å²) in [4.78, 5) is 24.1. The van der Waals surface area contributed by atoms with Crippen LogP contribution < -0.4 is 0 Å². The molecule has 0 aliphatic rings. The maximum Gasteiger partial charge on any atom is 0.345 e. The number of esters is 1. The lowest BCUT2D eigenvalue weighted by Crippen LogP contribution is -2.17. The van der Waals surface area contributed by atoms with Crippen molar-refractivity contribution in [2.24, 2.45) is 0 Å². The molecule has 0 fully saturated rings. The van der Waals surface area contributed by atoms with Crippen molar-refractivity contribution in [2.75, 3.05) is 13.2 Å². The largest absolute Gasteiger partial charge is 0.500 e. The van der Waals surface area contributed by atoms with E-state index < -0.39 is 11.8 Å². The predicted octanol–water partition coefficient (Wildman–Crippen LogP) is 3.66. The third kappa shape index (κ3) is 4.25. The minimum absolute atomic E-state index is 0.157. The molecule has 0 aliphatic heterocycles. The van der Waals surface area contributed by atoms with E-state index in [1.807, 2.05) is 0 Å². The predicted molar refractivity (Wildman–Crippen MR) is 77.1 cm³/mol. The summed E-state index contributed by atoms with van der Waals surface area (Å²) in [5.74, 6) is -1.32. The summed E-state index contributed by atoms with van der Waals surface area (Å²) in [6.07, 6.45) is 1.09. The minimum atomic E-state index is -0.753. The zero-order chi connectivity index (χ0) is 15.1. The van der Waals surface area contributed by atoms with Crippen LogP contribution in [0.5, 0.6) is 0 Å². The van der Waals surface area contributed by atoms with Crippen molar-refractivity contribution in [2.45, 2.75) is 13.8 Å². The number of rotatable bonds is 6. The van der Waals surface area contributed by atoms with Gasteiger partial charge in [0.2, 0.25) is 5.78 Å². The first kappa shape index (κ1) is 16.5. The molecule has 0 radical (unpaired) electrons. The van der Waals surface area contributed by atoms with Crippen LogP contribution in [-0.4, -0.2) is 25.0 Å². The molecular weight excluding hydrogens is 303 g/mol. The van der Waals surface area contributed by atoms with Crippen LogP contribution in [0.2, 0.25) is 10.0 Å². The SMILES string of the molecule is CCO/C=C(/C(=O)OCC)C(=O)c1ccc(Cl)cc1Cl. The Labute approximate surface area is 127 Å². The Bertz CT molecular complexity index is 538. The molecule has 0 spiro atoms. The average molecular weight is 317 g/mol. The van der Waals surface area contributed by atoms with E-state index >= 15 is 0 Å². The lowest BCUT2D eigenvalue weighted by Gasteiger charge is -2.08. The summed E-state index contributed by atoms with van der Waals surface area (Å²) in [6.45, 7) is 3.86. The third-order valence-corrected chi connectivity index (χ3v) is 2.83. The van der Waals surface area contributed by atoms with E-state index in [4.69, 9.17) is 32.7 Å². The van der Waals surface area contributed by atoms with Gasteiger partial charge in [0.25, 0.3) is 0 Å². The highest BCUT2D eigenvalue weighted by atomic mass is 35.5. The van der Waals surface area contributed by atoms with Crippen molar-refractivity contribution in [1.82, 2.24) is 0 Å². The van der Waals surface area contributed by atoms with E-state index in [2.05, 4.69) is 0 Å². The summed E-state index contributed by atoms with van der Waals surface area (Å²) >= 11 is 11.7. The molecule has 0 heterocycles. The fraction of sp³-hybridized carbons (Fsp3) is 0.286. The number of ether oxygens (including phenoxy) is 2. The second kappa shape index (κ2) is 7.92. The number of benzene rings is 1. The highest BCUT2D eigenvalue weighted by Crippen LogP contribution is 2.23.